The normalized spacial score (nSPS) is 11.6. The van der Waals surface area contributed by atoms with Crippen molar-refractivity contribution in [3.63, 3.8) is 0 Å². The summed E-state index contributed by atoms with van der Waals surface area (Å²) in [5.74, 6) is -0.0411. The molecule has 1 aromatic rings. The summed E-state index contributed by atoms with van der Waals surface area (Å²) in [6, 6.07) is 4.07. The molecule has 1 aromatic carbocycles. The molecular formula is C14H20NO-. The summed E-state index contributed by atoms with van der Waals surface area (Å²) in [4.78, 5) is 0. The second-order valence-corrected chi connectivity index (χ2v) is 3.87. The molecule has 0 saturated carbocycles. The monoisotopic (exact) mass is 218 g/mol. The second kappa shape index (κ2) is 5.59. The lowest BCUT2D eigenvalue weighted by atomic mass is 9.96. The largest absolute Gasteiger partial charge is 0.860 e. The lowest BCUT2D eigenvalue weighted by Gasteiger charge is -2.20. The molecule has 0 fully saturated rings. The molecule has 0 atom stereocenters. The van der Waals surface area contributed by atoms with Gasteiger partial charge in [0.2, 0.25) is 0 Å². The zero-order chi connectivity index (χ0) is 12.1. The molecule has 88 valence electrons. The Balaban J connectivity index is 3.19. The van der Waals surface area contributed by atoms with Gasteiger partial charge in [-0.1, -0.05) is 26.0 Å². The van der Waals surface area contributed by atoms with Crippen LogP contribution in [0.3, 0.4) is 0 Å². The molecule has 1 N–H and O–H groups in total. The van der Waals surface area contributed by atoms with Gasteiger partial charge in [-0.15, -0.1) is 0 Å². The minimum absolute atomic E-state index is 0.0411. The van der Waals surface area contributed by atoms with Crippen molar-refractivity contribution in [2.24, 2.45) is 0 Å². The van der Waals surface area contributed by atoms with Crippen LogP contribution in [0.2, 0.25) is 0 Å². The van der Waals surface area contributed by atoms with Gasteiger partial charge in [0.15, 0.2) is 0 Å². The summed E-state index contributed by atoms with van der Waals surface area (Å²) < 4.78 is 0. The average molecular weight is 218 g/mol. The summed E-state index contributed by atoms with van der Waals surface area (Å²) in [5, 5.41) is 14.3. The average Bonchev–Trinajstić information content (AvgIpc) is 2.30. The van der Waals surface area contributed by atoms with E-state index in [0.717, 1.165) is 18.5 Å². The number of allylic oxidation sites excluding steroid dienone is 1. The van der Waals surface area contributed by atoms with Gasteiger partial charge in [-0.05, 0) is 55.3 Å². The predicted octanol–water partition coefficient (Wildman–Crippen LogP) is 2.75. The topological polar surface area (TPSA) is 35.1 Å². The van der Waals surface area contributed by atoms with Crippen molar-refractivity contribution in [1.82, 2.24) is 0 Å². The van der Waals surface area contributed by atoms with Gasteiger partial charge < -0.3 is 10.4 Å². The number of nitrogens with one attached hydrogen (secondary N) is 1. The number of benzene rings is 1. The van der Waals surface area contributed by atoms with Gasteiger partial charge in [0.25, 0.3) is 0 Å². The third kappa shape index (κ3) is 2.57. The number of anilines is 1. The van der Waals surface area contributed by atoms with E-state index in [-0.39, 0.29) is 5.88 Å². The van der Waals surface area contributed by atoms with Gasteiger partial charge in [-0.3, -0.25) is 0 Å². The summed E-state index contributed by atoms with van der Waals surface area (Å²) in [5.41, 5.74) is 4.87. The first-order chi connectivity index (χ1) is 7.63. The van der Waals surface area contributed by atoms with Gasteiger partial charge in [-0.25, -0.2) is 0 Å². The van der Waals surface area contributed by atoms with E-state index in [1.165, 1.54) is 16.7 Å². The molecule has 0 amide bonds. The Morgan fingerprint density at radius 3 is 2.38 bits per heavy atom. The first kappa shape index (κ1) is 12.6. The molecule has 0 aliphatic heterocycles. The maximum atomic E-state index is 11.4. The zero-order valence-electron chi connectivity index (χ0n) is 10.6. The highest BCUT2D eigenvalue weighted by Crippen LogP contribution is 2.25. The smallest absolute Gasteiger partial charge is 0.0410 e. The third-order valence-electron chi connectivity index (χ3n) is 2.89. The molecule has 0 heterocycles. The number of hydrogen-bond acceptors (Lipinski definition) is 2. The highest BCUT2D eigenvalue weighted by molar-refractivity contribution is 5.59. The number of rotatable bonds is 4. The van der Waals surface area contributed by atoms with E-state index in [0.29, 0.717) is 0 Å². The summed E-state index contributed by atoms with van der Waals surface area (Å²) in [6.07, 6.45) is 3.50. The quantitative estimate of drug-likeness (QED) is 0.789. The van der Waals surface area contributed by atoms with Crippen molar-refractivity contribution >= 4 is 5.69 Å². The Labute approximate surface area is 98.0 Å². The first-order valence-electron chi connectivity index (χ1n) is 5.85. The molecule has 16 heavy (non-hydrogen) atoms. The SMILES string of the molecule is CC=C([O-])Nc1ccc(C)c(CC)c1CC. The van der Waals surface area contributed by atoms with Crippen molar-refractivity contribution in [2.45, 2.75) is 40.5 Å². The van der Waals surface area contributed by atoms with Gasteiger partial charge in [0.1, 0.15) is 0 Å². The lowest BCUT2D eigenvalue weighted by Crippen LogP contribution is -2.15. The van der Waals surface area contributed by atoms with Crippen molar-refractivity contribution in [3.05, 3.63) is 40.8 Å². The van der Waals surface area contributed by atoms with Crippen LogP contribution in [0.5, 0.6) is 0 Å². The molecule has 0 unspecified atom stereocenters. The van der Waals surface area contributed by atoms with Crippen LogP contribution in [0.1, 0.15) is 37.5 Å². The van der Waals surface area contributed by atoms with E-state index in [1.807, 2.05) is 6.07 Å². The van der Waals surface area contributed by atoms with Crippen LogP contribution in [0.4, 0.5) is 5.69 Å². The lowest BCUT2D eigenvalue weighted by molar-refractivity contribution is -0.299. The molecule has 0 saturated heterocycles. The van der Waals surface area contributed by atoms with E-state index in [1.54, 1.807) is 13.0 Å². The molecule has 0 spiro atoms. The number of hydrogen-bond donors (Lipinski definition) is 1. The Morgan fingerprint density at radius 2 is 1.88 bits per heavy atom. The van der Waals surface area contributed by atoms with Crippen LogP contribution >= 0.6 is 0 Å². The fraction of sp³-hybridized carbons (Fsp3) is 0.429. The van der Waals surface area contributed by atoms with Crippen LogP contribution in [0.25, 0.3) is 0 Å². The molecular weight excluding hydrogens is 198 g/mol. The third-order valence-corrected chi connectivity index (χ3v) is 2.89. The highest BCUT2D eigenvalue weighted by Gasteiger charge is 2.07. The molecule has 2 nitrogen and oxygen atoms in total. The Bertz CT molecular complexity index is 394. The van der Waals surface area contributed by atoms with Crippen LogP contribution in [0, 0.1) is 6.92 Å². The standard InChI is InChI=1S/C14H21NO/c1-5-11-10(4)8-9-13(12(11)6-2)15-14(16)7-3/h7-9,15-16H,5-6H2,1-4H3/p-1. The van der Waals surface area contributed by atoms with E-state index < -0.39 is 0 Å². The minimum Gasteiger partial charge on any atom is -0.860 e. The molecule has 0 aliphatic rings. The fourth-order valence-corrected chi connectivity index (χ4v) is 2.03. The minimum atomic E-state index is -0.0411. The molecule has 0 bridgehead atoms. The van der Waals surface area contributed by atoms with Crippen molar-refractivity contribution < 1.29 is 5.11 Å². The van der Waals surface area contributed by atoms with Crippen LogP contribution < -0.4 is 10.4 Å². The van der Waals surface area contributed by atoms with E-state index in [2.05, 4.69) is 32.2 Å². The van der Waals surface area contributed by atoms with Gasteiger partial charge in [0.05, 0.1) is 0 Å². The van der Waals surface area contributed by atoms with E-state index >= 15 is 0 Å². The molecule has 2 heteroatoms. The highest BCUT2D eigenvalue weighted by atomic mass is 16.3. The molecule has 0 aliphatic carbocycles. The van der Waals surface area contributed by atoms with Crippen LogP contribution in [0.15, 0.2) is 24.1 Å². The first-order valence-corrected chi connectivity index (χ1v) is 5.85. The van der Waals surface area contributed by atoms with Crippen molar-refractivity contribution in [1.29, 1.82) is 0 Å². The predicted molar refractivity (Wildman–Crippen MR) is 67.3 cm³/mol. The van der Waals surface area contributed by atoms with Crippen molar-refractivity contribution in [3.8, 4) is 0 Å². The Morgan fingerprint density at radius 1 is 1.25 bits per heavy atom. The maximum absolute atomic E-state index is 11.4. The molecule has 0 aromatic heterocycles. The van der Waals surface area contributed by atoms with E-state index in [4.69, 9.17) is 0 Å². The maximum Gasteiger partial charge on any atom is 0.0410 e. The molecule has 1 rings (SSSR count). The van der Waals surface area contributed by atoms with Crippen LogP contribution in [-0.4, -0.2) is 0 Å². The van der Waals surface area contributed by atoms with Gasteiger partial charge >= 0.3 is 0 Å². The summed E-state index contributed by atoms with van der Waals surface area (Å²) in [7, 11) is 0. The Kier molecular flexibility index (Phi) is 4.41. The summed E-state index contributed by atoms with van der Waals surface area (Å²) in [6.45, 7) is 8.14. The molecule has 0 radical (unpaired) electrons. The Hall–Kier alpha value is -1.44. The van der Waals surface area contributed by atoms with Crippen molar-refractivity contribution in [2.75, 3.05) is 5.32 Å². The fourth-order valence-electron chi connectivity index (χ4n) is 2.03. The van der Waals surface area contributed by atoms with Gasteiger partial charge in [-0.2, -0.15) is 0 Å². The van der Waals surface area contributed by atoms with Crippen LogP contribution in [-0.2, 0) is 12.8 Å². The number of aryl methyl sites for hydroxylation is 1. The van der Waals surface area contributed by atoms with E-state index in [9.17, 15) is 5.11 Å². The zero-order valence-corrected chi connectivity index (χ0v) is 10.6. The summed E-state index contributed by atoms with van der Waals surface area (Å²) >= 11 is 0. The second-order valence-electron chi connectivity index (χ2n) is 3.87. The van der Waals surface area contributed by atoms with Gasteiger partial charge in [0, 0.05) is 5.69 Å².